The van der Waals surface area contributed by atoms with E-state index in [1.54, 1.807) is 62.4 Å². The number of halogens is 1. The van der Waals surface area contributed by atoms with E-state index in [2.05, 4.69) is 5.32 Å². The molecule has 1 N–H and O–H groups in total. The summed E-state index contributed by atoms with van der Waals surface area (Å²) in [7, 11) is 0. The summed E-state index contributed by atoms with van der Waals surface area (Å²) in [5.41, 5.74) is 1.000. The fourth-order valence-electron chi connectivity index (χ4n) is 1.95. The molecule has 2 aromatic carbocycles. The van der Waals surface area contributed by atoms with Crippen molar-refractivity contribution in [3.63, 3.8) is 0 Å². The fourth-order valence-corrected chi connectivity index (χ4v) is 2.07. The van der Waals surface area contributed by atoms with Crippen LogP contribution in [0.1, 0.15) is 24.2 Å². The zero-order valence-electron chi connectivity index (χ0n) is 13.4. The van der Waals surface area contributed by atoms with Crippen molar-refractivity contribution in [2.45, 2.75) is 20.0 Å². The minimum atomic E-state index is -0.738. The van der Waals surface area contributed by atoms with Crippen molar-refractivity contribution in [2.75, 3.05) is 11.9 Å². The van der Waals surface area contributed by atoms with Gasteiger partial charge in [0.1, 0.15) is 5.75 Å². The summed E-state index contributed by atoms with van der Waals surface area (Å²) < 4.78 is 10.5. The Morgan fingerprint density at radius 1 is 1.17 bits per heavy atom. The zero-order chi connectivity index (χ0) is 17.5. The van der Waals surface area contributed by atoms with Gasteiger partial charge in [-0.1, -0.05) is 17.7 Å². The number of hydrogen-bond donors (Lipinski definition) is 1. The molecular weight excluding hydrogens is 330 g/mol. The second-order valence-electron chi connectivity index (χ2n) is 5.00. The summed E-state index contributed by atoms with van der Waals surface area (Å²) in [6.45, 7) is 3.66. The van der Waals surface area contributed by atoms with Gasteiger partial charge in [-0.25, -0.2) is 4.79 Å². The number of nitrogens with one attached hydrogen (secondary N) is 1. The minimum absolute atomic E-state index is 0.295. The molecule has 5 nitrogen and oxygen atoms in total. The summed E-state index contributed by atoms with van der Waals surface area (Å²) in [5, 5.41) is 3.32. The van der Waals surface area contributed by atoms with E-state index in [1.807, 2.05) is 0 Å². The molecule has 0 aromatic heterocycles. The predicted molar refractivity (Wildman–Crippen MR) is 92.6 cm³/mol. The van der Waals surface area contributed by atoms with Gasteiger partial charge < -0.3 is 14.8 Å². The van der Waals surface area contributed by atoms with Crippen LogP contribution in [0.2, 0.25) is 5.02 Å². The number of carbonyl (C=O) groups excluding carboxylic acids is 2. The second-order valence-corrected chi connectivity index (χ2v) is 5.44. The van der Waals surface area contributed by atoms with Crippen LogP contribution in [0, 0.1) is 0 Å². The summed E-state index contributed by atoms with van der Waals surface area (Å²) in [5.74, 6) is -0.320. The number of amides is 1. The molecule has 126 valence electrons. The first kappa shape index (κ1) is 17.8. The average molecular weight is 348 g/mol. The van der Waals surface area contributed by atoms with E-state index in [-0.39, 0.29) is 5.91 Å². The molecule has 2 rings (SSSR count). The fraction of sp³-hybridized carbons (Fsp3) is 0.222. The van der Waals surface area contributed by atoms with Crippen LogP contribution in [0.5, 0.6) is 5.75 Å². The third kappa shape index (κ3) is 4.99. The highest BCUT2D eigenvalue weighted by atomic mass is 35.5. The van der Waals surface area contributed by atoms with Crippen molar-refractivity contribution >= 4 is 29.2 Å². The van der Waals surface area contributed by atoms with Gasteiger partial charge >= 0.3 is 5.97 Å². The Hall–Kier alpha value is -2.53. The van der Waals surface area contributed by atoms with E-state index in [0.717, 1.165) is 0 Å². The first-order valence-corrected chi connectivity index (χ1v) is 7.87. The summed E-state index contributed by atoms with van der Waals surface area (Å²) in [6, 6.07) is 13.3. The summed E-state index contributed by atoms with van der Waals surface area (Å²) in [4.78, 5) is 23.9. The molecule has 0 bridgehead atoms. The Bertz CT molecular complexity index is 715. The van der Waals surface area contributed by atoms with Crippen LogP contribution < -0.4 is 10.1 Å². The van der Waals surface area contributed by atoms with Gasteiger partial charge in [-0.15, -0.1) is 0 Å². The number of rotatable bonds is 6. The van der Waals surface area contributed by atoms with Crippen molar-refractivity contribution in [3.05, 3.63) is 59.1 Å². The third-order valence-corrected chi connectivity index (χ3v) is 3.39. The van der Waals surface area contributed by atoms with Crippen molar-refractivity contribution in [1.82, 2.24) is 0 Å². The van der Waals surface area contributed by atoms with Crippen LogP contribution in [0.3, 0.4) is 0 Å². The first-order chi connectivity index (χ1) is 11.5. The smallest absolute Gasteiger partial charge is 0.338 e. The number of benzene rings is 2. The maximum absolute atomic E-state index is 12.2. The Morgan fingerprint density at radius 2 is 1.88 bits per heavy atom. The molecule has 0 saturated carbocycles. The molecule has 2 aromatic rings. The van der Waals surface area contributed by atoms with Crippen molar-refractivity contribution in [1.29, 1.82) is 0 Å². The van der Waals surface area contributed by atoms with E-state index in [4.69, 9.17) is 21.1 Å². The van der Waals surface area contributed by atoms with Gasteiger partial charge in [-0.05, 0) is 56.3 Å². The summed E-state index contributed by atoms with van der Waals surface area (Å²) in [6.07, 6.45) is -0.738. The van der Waals surface area contributed by atoms with Gasteiger partial charge in [0.15, 0.2) is 6.10 Å². The van der Waals surface area contributed by atoms with E-state index in [0.29, 0.717) is 28.6 Å². The molecule has 0 aliphatic carbocycles. The molecule has 0 saturated heterocycles. The Kier molecular flexibility index (Phi) is 6.21. The lowest BCUT2D eigenvalue weighted by molar-refractivity contribution is -0.122. The minimum Gasteiger partial charge on any atom is -0.481 e. The van der Waals surface area contributed by atoms with E-state index in [1.165, 1.54) is 0 Å². The van der Waals surface area contributed by atoms with Gasteiger partial charge in [0.2, 0.25) is 0 Å². The third-order valence-electron chi connectivity index (χ3n) is 3.14. The highest BCUT2D eigenvalue weighted by molar-refractivity contribution is 6.30. The monoisotopic (exact) mass is 347 g/mol. The van der Waals surface area contributed by atoms with Crippen LogP contribution in [-0.2, 0) is 9.53 Å². The number of anilines is 1. The lowest BCUT2D eigenvalue weighted by atomic mass is 10.2. The van der Waals surface area contributed by atoms with E-state index in [9.17, 15) is 9.59 Å². The lowest BCUT2D eigenvalue weighted by Crippen LogP contribution is -2.30. The van der Waals surface area contributed by atoms with Gasteiger partial charge in [-0.3, -0.25) is 4.79 Å². The van der Waals surface area contributed by atoms with Crippen molar-refractivity contribution in [2.24, 2.45) is 0 Å². The second kappa shape index (κ2) is 8.36. The topological polar surface area (TPSA) is 64.6 Å². The number of hydrogen-bond acceptors (Lipinski definition) is 4. The molecule has 1 amide bonds. The average Bonchev–Trinajstić information content (AvgIpc) is 2.57. The Labute approximate surface area is 145 Å². The molecule has 0 heterocycles. The highest BCUT2D eigenvalue weighted by Gasteiger charge is 2.16. The van der Waals surface area contributed by atoms with Crippen LogP contribution in [0.15, 0.2) is 48.5 Å². The largest absolute Gasteiger partial charge is 0.481 e. The molecule has 0 fully saturated rings. The Morgan fingerprint density at radius 3 is 2.54 bits per heavy atom. The molecular formula is C18H18ClNO4. The maximum atomic E-state index is 12.2. The molecule has 0 radical (unpaired) electrons. The number of esters is 1. The number of ether oxygens (including phenoxy) is 2. The van der Waals surface area contributed by atoms with Crippen molar-refractivity contribution < 1.29 is 19.1 Å². The van der Waals surface area contributed by atoms with Gasteiger partial charge in [0, 0.05) is 10.7 Å². The maximum Gasteiger partial charge on any atom is 0.338 e. The van der Waals surface area contributed by atoms with Crippen LogP contribution in [0.25, 0.3) is 0 Å². The Balaban J connectivity index is 1.99. The molecule has 24 heavy (non-hydrogen) atoms. The molecule has 0 aliphatic heterocycles. The molecule has 0 unspecified atom stereocenters. The molecule has 0 spiro atoms. The van der Waals surface area contributed by atoms with Crippen LogP contribution in [0.4, 0.5) is 5.69 Å². The molecule has 6 heteroatoms. The molecule has 0 aliphatic rings. The lowest BCUT2D eigenvalue weighted by Gasteiger charge is -2.15. The predicted octanol–water partition coefficient (Wildman–Crippen LogP) is 3.92. The van der Waals surface area contributed by atoms with E-state index < -0.39 is 12.1 Å². The van der Waals surface area contributed by atoms with Gasteiger partial charge in [0.05, 0.1) is 12.2 Å². The van der Waals surface area contributed by atoms with Crippen LogP contribution in [-0.4, -0.2) is 24.6 Å². The standard InChI is InChI=1S/C18H18ClNO4/c1-3-23-18(22)13-5-4-6-16(11-13)24-12(2)17(21)20-15-9-7-14(19)8-10-15/h4-12H,3H2,1-2H3,(H,20,21)/t12-/m1/s1. The normalized spacial score (nSPS) is 11.5. The van der Waals surface area contributed by atoms with Gasteiger partial charge in [-0.2, -0.15) is 0 Å². The van der Waals surface area contributed by atoms with Gasteiger partial charge in [0.25, 0.3) is 5.91 Å². The first-order valence-electron chi connectivity index (χ1n) is 7.50. The number of carbonyl (C=O) groups is 2. The zero-order valence-corrected chi connectivity index (χ0v) is 14.2. The molecule has 1 atom stereocenters. The highest BCUT2D eigenvalue weighted by Crippen LogP contribution is 2.17. The SMILES string of the molecule is CCOC(=O)c1cccc(O[C@H](C)C(=O)Nc2ccc(Cl)cc2)c1. The quantitative estimate of drug-likeness (QED) is 0.804. The van der Waals surface area contributed by atoms with Crippen molar-refractivity contribution in [3.8, 4) is 5.75 Å². The van der Waals surface area contributed by atoms with E-state index >= 15 is 0 Å². The summed E-state index contributed by atoms with van der Waals surface area (Å²) >= 11 is 5.81. The van der Waals surface area contributed by atoms with Crippen LogP contribution >= 0.6 is 11.6 Å².